The lowest BCUT2D eigenvalue weighted by molar-refractivity contribution is 0.0957. The van der Waals surface area contributed by atoms with Gasteiger partial charge in [-0.15, -0.1) is 23.1 Å². The highest BCUT2D eigenvalue weighted by Gasteiger charge is 2.08. The molecular formula is C12H12BrN3OS2. The van der Waals surface area contributed by atoms with Gasteiger partial charge in [0.2, 0.25) is 0 Å². The molecule has 100 valence electrons. The molecule has 0 aliphatic rings. The molecule has 4 nitrogen and oxygen atoms in total. The maximum Gasteiger partial charge on any atom is 0.275 e. The van der Waals surface area contributed by atoms with Crippen molar-refractivity contribution in [1.82, 2.24) is 5.43 Å². The number of halogens is 1. The first-order valence-electron chi connectivity index (χ1n) is 5.37. The van der Waals surface area contributed by atoms with Crippen molar-refractivity contribution in [3.8, 4) is 0 Å². The van der Waals surface area contributed by atoms with E-state index in [1.165, 1.54) is 11.3 Å². The van der Waals surface area contributed by atoms with Gasteiger partial charge in [-0.05, 0) is 30.3 Å². The molecule has 0 radical (unpaired) electrons. The number of thiophene rings is 1. The third-order valence-corrected chi connectivity index (χ3v) is 5.26. The minimum absolute atomic E-state index is 0.260. The minimum Gasteiger partial charge on any atom is -0.398 e. The molecule has 0 atom stereocenters. The normalized spacial score (nSPS) is 10.4. The van der Waals surface area contributed by atoms with Crippen molar-refractivity contribution < 1.29 is 4.79 Å². The summed E-state index contributed by atoms with van der Waals surface area (Å²) in [5.74, 6) is 5.61. The van der Waals surface area contributed by atoms with Crippen molar-refractivity contribution in [2.75, 3.05) is 5.73 Å². The zero-order valence-electron chi connectivity index (χ0n) is 9.85. The van der Waals surface area contributed by atoms with Gasteiger partial charge in [-0.2, -0.15) is 0 Å². The zero-order valence-corrected chi connectivity index (χ0v) is 13.1. The number of benzene rings is 1. The SMILES string of the molecule is NNC(=O)c1ccc(CSc2ccc(Br)cc2N)s1. The summed E-state index contributed by atoms with van der Waals surface area (Å²) < 4.78 is 0.965. The second kappa shape index (κ2) is 6.42. The van der Waals surface area contributed by atoms with E-state index >= 15 is 0 Å². The molecule has 1 amide bonds. The van der Waals surface area contributed by atoms with Gasteiger partial charge >= 0.3 is 0 Å². The van der Waals surface area contributed by atoms with E-state index in [1.54, 1.807) is 17.8 Å². The monoisotopic (exact) mass is 357 g/mol. The van der Waals surface area contributed by atoms with E-state index in [-0.39, 0.29) is 5.91 Å². The smallest absolute Gasteiger partial charge is 0.275 e. The topological polar surface area (TPSA) is 81.1 Å². The Morgan fingerprint density at radius 2 is 2.16 bits per heavy atom. The predicted octanol–water partition coefficient (Wildman–Crippen LogP) is 2.99. The fraction of sp³-hybridized carbons (Fsp3) is 0.0833. The van der Waals surface area contributed by atoms with Crippen molar-refractivity contribution >= 4 is 50.6 Å². The molecule has 0 bridgehead atoms. The Morgan fingerprint density at radius 3 is 2.84 bits per heavy atom. The van der Waals surface area contributed by atoms with Gasteiger partial charge in [-0.1, -0.05) is 15.9 Å². The number of thioether (sulfide) groups is 1. The number of carbonyl (C=O) groups excluding carboxylic acids is 1. The number of anilines is 1. The summed E-state index contributed by atoms with van der Waals surface area (Å²) >= 11 is 6.45. The maximum absolute atomic E-state index is 11.3. The van der Waals surface area contributed by atoms with E-state index in [0.29, 0.717) is 4.88 Å². The van der Waals surface area contributed by atoms with E-state index in [2.05, 4.69) is 21.4 Å². The molecule has 1 aromatic carbocycles. The predicted molar refractivity (Wildman–Crippen MR) is 84.1 cm³/mol. The lowest BCUT2D eigenvalue weighted by atomic mass is 10.3. The van der Waals surface area contributed by atoms with Crippen molar-refractivity contribution in [3.63, 3.8) is 0 Å². The van der Waals surface area contributed by atoms with Crippen LogP contribution in [0.15, 0.2) is 39.7 Å². The number of hydrogen-bond donors (Lipinski definition) is 3. The molecule has 5 N–H and O–H groups in total. The fourth-order valence-corrected chi connectivity index (χ4v) is 3.73. The lowest BCUT2D eigenvalue weighted by Crippen LogP contribution is -2.29. The first-order valence-corrected chi connectivity index (χ1v) is 7.97. The summed E-state index contributed by atoms with van der Waals surface area (Å²) in [6.07, 6.45) is 0. The van der Waals surface area contributed by atoms with Crippen LogP contribution in [0, 0.1) is 0 Å². The minimum atomic E-state index is -0.260. The highest BCUT2D eigenvalue weighted by molar-refractivity contribution is 9.10. The van der Waals surface area contributed by atoms with Gasteiger partial charge in [-0.3, -0.25) is 10.2 Å². The van der Waals surface area contributed by atoms with E-state index in [0.717, 1.165) is 25.7 Å². The van der Waals surface area contributed by atoms with Gasteiger partial charge in [0, 0.05) is 25.7 Å². The molecule has 2 rings (SSSR count). The highest BCUT2D eigenvalue weighted by Crippen LogP contribution is 2.32. The van der Waals surface area contributed by atoms with Gasteiger partial charge in [0.25, 0.3) is 5.91 Å². The fourth-order valence-electron chi connectivity index (χ4n) is 1.45. The molecule has 0 unspecified atom stereocenters. The Morgan fingerprint density at radius 1 is 1.37 bits per heavy atom. The molecule has 1 heterocycles. The number of hydrazine groups is 1. The first-order chi connectivity index (χ1) is 9.10. The molecule has 0 aliphatic heterocycles. The van der Waals surface area contributed by atoms with Crippen LogP contribution in [0.2, 0.25) is 0 Å². The zero-order chi connectivity index (χ0) is 13.8. The van der Waals surface area contributed by atoms with Crippen LogP contribution in [0.1, 0.15) is 14.5 Å². The number of carbonyl (C=O) groups is 1. The molecule has 1 aromatic heterocycles. The number of nitrogens with one attached hydrogen (secondary N) is 1. The number of nitrogens with two attached hydrogens (primary N) is 2. The Labute approximate surface area is 127 Å². The quantitative estimate of drug-likeness (QED) is 0.258. The van der Waals surface area contributed by atoms with Gasteiger partial charge in [-0.25, -0.2) is 5.84 Å². The van der Waals surface area contributed by atoms with E-state index in [1.807, 2.05) is 24.3 Å². The molecule has 0 saturated carbocycles. The summed E-state index contributed by atoms with van der Waals surface area (Å²) in [4.78, 5) is 14.1. The first kappa shape index (κ1) is 14.4. The molecule has 0 saturated heterocycles. The number of rotatable bonds is 4. The largest absolute Gasteiger partial charge is 0.398 e. The van der Waals surface area contributed by atoms with Crippen LogP contribution >= 0.6 is 39.0 Å². The van der Waals surface area contributed by atoms with Crippen LogP contribution < -0.4 is 17.0 Å². The van der Waals surface area contributed by atoms with E-state index in [4.69, 9.17) is 11.6 Å². The summed E-state index contributed by atoms with van der Waals surface area (Å²) in [7, 11) is 0. The molecule has 7 heteroatoms. The lowest BCUT2D eigenvalue weighted by Gasteiger charge is -2.04. The Balaban J connectivity index is 2.02. The van der Waals surface area contributed by atoms with Crippen LogP contribution in [0.3, 0.4) is 0 Å². The van der Waals surface area contributed by atoms with Crippen LogP contribution in [0.5, 0.6) is 0 Å². The Kier molecular flexibility index (Phi) is 4.87. The third-order valence-electron chi connectivity index (χ3n) is 2.36. The van der Waals surface area contributed by atoms with Crippen LogP contribution in [-0.2, 0) is 5.75 Å². The van der Waals surface area contributed by atoms with Crippen molar-refractivity contribution in [2.24, 2.45) is 5.84 Å². The Hall–Kier alpha value is -1.02. The average molecular weight is 358 g/mol. The van der Waals surface area contributed by atoms with Gasteiger partial charge in [0.15, 0.2) is 0 Å². The van der Waals surface area contributed by atoms with Crippen molar-refractivity contribution in [2.45, 2.75) is 10.6 Å². The summed E-state index contributed by atoms with van der Waals surface area (Å²) in [5.41, 5.74) is 8.80. The van der Waals surface area contributed by atoms with Crippen molar-refractivity contribution in [1.29, 1.82) is 0 Å². The highest BCUT2D eigenvalue weighted by atomic mass is 79.9. The van der Waals surface area contributed by atoms with Gasteiger partial charge in [0.1, 0.15) is 0 Å². The number of amides is 1. The molecular weight excluding hydrogens is 346 g/mol. The van der Waals surface area contributed by atoms with Gasteiger partial charge in [0.05, 0.1) is 4.88 Å². The third kappa shape index (κ3) is 3.73. The molecule has 0 aliphatic carbocycles. The van der Waals surface area contributed by atoms with Crippen LogP contribution in [-0.4, -0.2) is 5.91 Å². The molecule has 0 spiro atoms. The second-order valence-electron chi connectivity index (χ2n) is 3.71. The van der Waals surface area contributed by atoms with E-state index < -0.39 is 0 Å². The summed E-state index contributed by atoms with van der Waals surface area (Å²) in [5, 5.41) is 0. The molecule has 19 heavy (non-hydrogen) atoms. The van der Waals surface area contributed by atoms with Gasteiger partial charge < -0.3 is 5.73 Å². The Bertz CT molecular complexity index is 600. The molecule has 0 fully saturated rings. The summed E-state index contributed by atoms with van der Waals surface area (Å²) in [6.45, 7) is 0. The van der Waals surface area contributed by atoms with Crippen molar-refractivity contribution in [3.05, 3.63) is 44.6 Å². The molecule has 2 aromatic rings. The number of nitrogen functional groups attached to an aromatic ring is 2. The maximum atomic E-state index is 11.3. The van der Waals surface area contributed by atoms with Crippen LogP contribution in [0.4, 0.5) is 5.69 Å². The summed E-state index contributed by atoms with van der Waals surface area (Å²) in [6, 6.07) is 9.51. The second-order valence-corrected chi connectivity index (χ2v) is 6.81. The van der Waals surface area contributed by atoms with E-state index in [9.17, 15) is 4.79 Å². The number of hydrogen-bond acceptors (Lipinski definition) is 5. The van der Waals surface area contributed by atoms with Crippen LogP contribution in [0.25, 0.3) is 0 Å². The standard InChI is InChI=1S/C12H12BrN3OS2/c13-7-1-3-10(9(14)5-7)18-6-8-2-4-11(19-8)12(17)16-15/h1-5H,6,14-15H2,(H,16,17). The average Bonchev–Trinajstić information content (AvgIpc) is 2.85.